The maximum Gasteiger partial charge on any atom is 0.303 e. The van der Waals surface area contributed by atoms with Crippen LogP contribution in [0.15, 0.2) is 30.3 Å². The van der Waals surface area contributed by atoms with Crippen molar-refractivity contribution in [3.8, 4) is 0 Å². The standard InChI is InChI=1S/C21H25NO10/c1-12(24)28-10-17-18(29-13(2)25)19(30-14(3)26)20(31-15(4)27)21(11-23,32-17)22-16-8-6-5-7-9-16/h5-9,11,17-20,22H,10H2,1-4H3/t17-,18+,19+,20-,21+/m1/s1. The summed E-state index contributed by atoms with van der Waals surface area (Å²) in [5.41, 5.74) is -1.66. The minimum absolute atomic E-state index is 0.342. The van der Waals surface area contributed by atoms with Gasteiger partial charge in [0.1, 0.15) is 12.7 Å². The van der Waals surface area contributed by atoms with E-state index in [0.29, 0.717) is 12.0 Å². The number of carbonyl (C=O) groups is 5. The summed E-state index contributed by atoms with van der Waals surface area (Å²) in [5.74, 6) is -3.03. The molecule has 0 saturated carbocycles. The number of hydrogen-bond donors (Lipinski definition) is 1. The van der Waals surface area contributed by atoms with Crippen LogP contribution in [0.1, 0.15) is 27.7 Å². The Bertz CT molecular complexity index is 857. The highest BCUT2D eigenvalue weighted by Crippen LogP contribution is 2.36. The predicted octanol–water partition coefficient (Wildman–Crippen LogP) is 0.751. The summed E-state index contributed by atoms with van der Waals surface area (Å²) in [6.45, 7) is 4.01. The Morgan fingerprint density at radius 1 is 0.906 bits per heavy atom. The summed E-state index contributed by atoms with van der Waals surface area (Å²) in [4.78, 5) is 59.3. The van der Waals surface area contributed by atoms with E-state index in [2.05, 4.69) is 5.32 Å². The Hall–Kier alpha value is -3.47. The van der Waals surface area contributed by atoms with Gasteiger partial charge in [0.05, 0.1) is 0 Å². The molecule has 0 aromatic heterocycles. The Kier molecular flexibility index (Phi) is 8.30. The van der Waals surface area contributed by atoms with Crippen LogP contribution in [-0.4, -0.2) is 66.9 Å². The van der Waals surface area contributed by atoms with Gasteiger partial charge >= 0.3 is 23.9 Å². The van der Waals surface area contributed by atoms with E-state index in [4.69, 9.17) is 23.7 Å². The summed E-state index contributed by atoms with van der Waals surface area (Å²) in [7, 11) is 0. The van der Waals surface area contributed by atoms with Gasteiger partial charge < -0.3 is 29.0 Å². The van der Waals surface area contributed by atoms with Crippen molar-refractivity contribution < 1.29 is 47.7 Å². The van der Waals surface area contributed by atoms with Crippen molar-refractivity contribution in [2.75, 3.05) is 11.9 Å². The normalized spacial score (nSPS) is 26.9. The van der Waals surface area contributed by atoms with Gasteiger partial charge in [-0.15, -0.1) is 0 Å². The van der Waals surface area contributed by atoms with Gasteiger partial charge in [-0.25, -0.2) is 0 Å². The lowest BCUT2D eigenvalue weighted by Gasteiger charge is -2.49. The molecular weight excluding hydrogens is 426 g/mol. The molecule has 0 spiro atoms. The fourth-order valence-corrected chi connectivity index (χ4v) is 3.30. The van der Waals surface area contributed by atoms with Crippen LogP contribution < -0.4 is 5.32 Å². The topological polar surface area (TPSA) is 144 Å². The molecular formula is C21H25NO10. The average Bonchev–Trinajstić information content (AvgIpc) is 2.71. The van der Waals surface area contributed by atoms with Crippen LogP contribution in [0.3, 0.4) is 0 Å². The highest BCUT2D eigenvalue weighted by molar-refractivity contribution is 5.74. The predicted molar refractivity (Wildman–Crippen MR) is 107 cm³/mol. The van der Waals surface area contributed by atoms with Crippen molar-refractivity contribution in [3.05, 3.63) is 30.3 Å². The quantitative estimate of drug-likeness (QED) is 0.340. The van der Waals surface area contributed by atoms with Crippen LogP contribution >= 0.6 is 0 Å². The molecule has 1 N–H and O–H groups in total. The second-order valence-electron chi connectivity index (χ2n) is 7.04. The Balaban J connectivity index is 2.60. The van der Waals surface area contributed by atoms with Crippen LogP contribution in [0.5, 0.6) is 0 Å². The lowest BCUT2D eigenvalue weighted by molar-refractivity contribution is -0.268. The first-order valence-electron chi connectivity index (χ1n) is 9.70. The van der Waals surface area contributed by atoms with E-state index in [-0.39, 0.29) is 0 Å². The SMILES string of the molecule is CC(=O)OC[C@H]1O[C@](C=O)(Nc2ccccc2)[C@H](OC(C)=O)[C@@H](OC(C)=O)[C@H]1OC(C)=O. The van der Waals surface area contributed by atoms with Gasteiger partial charge in [0.25, 0.3) is 0 Å². The Labute approximate surface area is 184 Å². The summed E-state index contributed by atoms with van der Waals surface area (Å²) in [6, 6.07) is 8.36. The highest BCUT2D eigenvalue weighted by atomic mass is 16.7. The molecule has 32 heavy (non-hydrogen) atoms. The maximum atomic E-state index is 12.4. The Morgan fingerprint density at radius 2 is 1.47 bits per heavy atom. The minimum atomic E-state index is -2.07. The van der Waals surface area contributed by atoms with Crippen LogP contribution in [-0.2, 0) is 47.7 Å². The molecule has 1 aromatic rings. The summed E-state index contributed by atoms with van der Waals surface area (Å²) in [6.07, 6.45) is -5.28. The first-order chi connectivity index (χ1) is 15.1. The van der Waals surface area contributed by atoms with E-state index >= 15 is 0 Å². The number of anilines is 1. The zero-order valence-corrected chi connectivity index (χ0v) is 18.1. The number of hydrogen-bond acceptors (Lipinski definition) is 11. The molecule has 0 unspecified atom stereocenters. The van der Waals surface area contributed by atoms with Gasteiger partial charge in [0.15, 0.2) is 24.6 Å². The molecule has 0 radical (unpaired) electrons. The molecule has 1 aliphatic rings. The van der Waals surface area contributed by atoms with Crippen molar-refractivity contribution >= 4 is 35.9 Å². The number of rotatable bonds is 8. The Morgan fingerprint density at radius 3 is 1.97 bits per heavy atom. The molecule has 0 aliphatic carbocycles. The molecule has 11 heteroatoms. The zero-order valence-electron chi connectivity index (χ0n) is 18.1. The van der Waals surface area contributed by atoms with Crippen LogP contribution in [0.25, 0.3) is 0 Å². The van der Waals surface area contributed by atoms with E-state index in [1.165, 1.54) is 0 Å². The van der Waals surface area contributed by atoms with E-state index in [0.717, 1.165) is 27.7 Å². The van der Waals surface area contributed by atoms with E-state index in [1.54, 1.807) is 30.3 Å². The molecule has 2 rings (SSSR count). The summed E-state index contributed by atoms with van der Waals surface area (Å²) < 4.78 is 26.9. The number of aldehydes is 1. The van der Waals surface area contributed by atoms with Gasteiger partial charge in [-0.3, -0.25) is 24.0 Å². The molecule has 0 bridgehead atoms. The first kappa shape index (κ1) is 24.8. The van der Waals surface area contributed by atoms with Gasteiger partial charge in [0, 0.05) is 33.4 Å². The molecule has 174 valence electrons. The monoisotopic (exact) mass is 451 g/mol. The van der Waals surface area contributed by atoms with Crippen LogP contribution in [0.4, 0.5) is 5.69 Å². The van der Waals surface area contributed by atoms with Crippen molar-refractivity contribution in [3.63, 3.8) is 0 Å². The van der Waals surface area contributed by atoms with Gasteiger partial charge in [0.2, 0.25) is 5.72 Å². The smallest absolute Gasteiger partial charge is 0.303 e. The lowest BCUT2D eigenvalue weighted by atomic mass is 9.90. The van der Waals surface area contributed by atoms with Crippen LogP contribution in [0.2, 0.25) is 0 Å². The second kappa shape index (κ2) is 10.7. The number of benzene rings is 1. The molecule has 1 saturated heterocycles. The third kappa shape index (κ3) is 6.27. The van der Waals surface area contributed by atoms with Crippen molar-refractivity contribution in [1.82, 2.24) is 0 Å². The van der Waals surface area contributed by atoms with E-state index in [9.17, 15) is 24.0 Å². The molecule has 11 nitrogen and oxygen atoms in total. The number of esters is 4. The zero-order chi connectivity index (χ0) is 23.9. The molecule has 5 atom stereocenters. The largest absolute Gasteiger partial charge is 0.463 e. The number of nitrogens with one attached hydrogen (secondary N) is 1. The average molecular weight is 451 g/mol. The maximum absolute atomic E-state index is 12.4. The number of ether oxygens (including phenoxy) is 5. The molecule has 0 amide bonds. The van der Waals surface area contributed by atoms with E-state index in [1.807, 2.05) is 0 Å². The van der Waals surface area contributed by atoms with Crippen molar-refractivity contribution in [1.29, 1.82) is 0 Å². The fraction of sp³-hybridized carbons (Fsp3) is 0.476. The third-order valence-electron chi connectivity index (χ3n) is 4.39. The molecule has 1 heterocycles. The van der Waals surface area contributed by atoms with Crippen LogP contribution in [0, 0.1) is 0 Å². The highest BCUT2D eigenvalue weighted by Gasteiger charge is 2.60. The lowest BCUT2D eigenvalue weighted by Crippen LogP contribution is -2.71. The summed E-state index contributed by atoms with van der Waals surface area (Å²) >= 11 is 0. The van der Waals surface area contributed by atoms with Gasteiger partial charge in [-0.1, -0.05) is 18.2 Å². The number of carbonyl (C=O) groups excluding carboxylic acids is 5. The second-order valence-corrected chi connectivity index (χ2v) is 7.04. The van der Waals surface area contributed by atoms with E-state index < -0.39 is 60.6 Å². The molecule has 1 aliphatic heterocycles. The molecule has 1 aromatic carbocycles. The molecule has 1 fully saturated rings. The summed E-state index contributed by atoms with van der Waals surface area (Å²) in [5, 5.41) is 2.85. The minimum Gasteiger partial charge on any atom is -0.463 e. The third-order valence-corrected chi connectivity index (χ3v) is 4.39. The first-order valence-corrected chi connectivity index (χ1v) is 9.70. The van der Waals surface area contributed by atoms with Crippen molar-refractivity contribution in [2.45, 2.75) is 57.8 Å². The number of para-hydroxylation sites is 1. The van der Waals surface area contributed by atoms with Gasteiger partial charge in [-0.05, 0) is 12.1 Å². The van der Waals surface area contributed by atoms with Crippen molar-refractivity contribution in [2.24, 2.45) is 0 Å². The van der Waals surface area contributed by atoms with Gasteiger partial charge in [-0.2, -0.15) is 0 Å². The fourth-order valence-electron chi connectivity index (χ4n) is 3.30.